The number of carbonyl (C=O) groups excluding carboxylic acids is 1. The second-order valence-corrected chi connectivity index (χ2v) is 3.69. The first kappa shape index (κ1) is 12.0. The van der Waals surface area contributed by atoms with Crippen LogP contribution in [0.1, 0.15) is 23.3 Å². The zero-order valence-electron chi connectivity index (χ0n) is 9.54. The number of carboxylic acids is 1. The minimum Gasteiger partial charge on any atom is -0.481 e. The topological polar surface area (TPSA) is 96.6 Å². The molecule has 2 heterocycles. The quantitative estimate of drug-likeness (QED) is 0.743. The summed E-state index contributed by atoms with van der Waals surface area (Å²) in [6.45, 7) is 0.300. The molecule has 0 atom stereocenters. The Balaban J connectivity index is 2.00. The molecule has 0 spiro atoms. The normalized spacial score (nSPS) is 10.4. The van der Waals surface area contributed by atoms with Crippen molar-refractivity contribution in [3.63, 3.8) is 0 Å². The fraction of sp³-hybridized carbons (Fsp3) is 0.273. The fourth-order valence-electron chi connectivity index (χ4n) is 1.54. The molecule has 0 saturated heterocycles. The lowest BCUT2D eigenvalue weighted by molar-refractivity contribution is -0.137. The van der Waals surface area contributed by atoms with E-state index in [1.807, 2.05) is 0 Å². The van der Waals surface area contributed by atoms with Gasteiger partial charge < -0.3 is 14.8 Å². The summed E-state index contributed by atoms with van der Waals surface area (Å²) in [6.07, 6.45) is 6.93. The molecule has 2 aromatic heterocycles. The molecule has 0 aromatic carbocycles. The summed E-state index contributed by atoms with van der Waals surface area (Å²) in [5, 5.41) is 11.1. The van der Waals surface area contributed by atoms with Crippen molar-refractivity contribution >= 4 is 17.5 Å². The Morgan fingerprint density at radius 1 is 1.28 bits per heavy atom. The van der Waals surface area contributed by atoms with Crippen LogP contribution in [0.25, 0.3) is 5.65 Å². The number of nitrogens with one attached hydrogen (secondary N) is 1. The standard InChI is InChI=1S/C11H12N4O3/c16-8(17)2-1-3-14-11(18)9-10-13-5-7-15(10)6-4-12-9/h4-7H,1-3H2,(H,14,18)(H,16,17). The van der Waals surface area contributed by atoms with Gasteiger partial charge in [0.05, 0.1) is 0 Å². The van der Waals surface area contributed by atoms with Gasteiger partial charge in [-0.15, -0.1) is 0 Å². The number of carbonyl (C=O) groups is 2. The van der Waals surface area contributed by atoms with Crippen LogP contribution in [-0.2, 0) is 4.79 Å². The Morgan fingerprint density at radius 2 is 2.00 bits per heavy atom. The van der Waals surface area contributed by atoms with E-state index < -0.39 is 5.97 Å². The minimum atomic E-state index is -0.877. The second-order valence-electron chi connectivity index (χ2n) is 3.69. The zero-order valence-corrected chi connectivity index (χ0v) is 9.54. The number of amides is 1. The van der Waals surface area contributed by atoms with E-state index >= 15 is 0 Å². The van der Waals surface area contributed by atoms with Gasteiger partial charge in [-0.05, 0) is 6.42 Å². The first-order valence-electron chi connectivity index (χ1n) is 5.46. The van der Waals surface area contributed by atoms with Crippen molar-refractivity contribution in [1.29, 1.82) is 0 Å². The maximum absolute atomic E-state index is 11.8. The van der Waals surface area contributed by atoms with E-state index in [0.29, 0.717) is 18.6 Å². The fourth-order valence-corrected chi connectivity index (χ4v) is 1.54. The van der Waals surface area contributed by atoms with Gasteiger partial charge in [-0.3, -0.25) is 9.59 Å². The number of fused-ring (bicyclic) bond motifs is 1. The van der Waals surface area contributed by atoms with Gasteiger partial charge in [0.1, 0.15) is 0 Å². The van der Waals surface area contributed by atoms with Gasteiger partial charge in [-0.25, -0.2) is 9.97 Å². The predicted molar refractivity (Wildman–Crippen MR) is 62.2 cm³/mol. The van der Waals surface area contributed by atoms with Crippen LogP contribution in [0.3, 0.4) is 0 Å². The van der Waals surface area contributed by atoms with Gasteiger partial charge in [0.15, 0.2) is 11.3 Å². The van der Waals surface area contributed by atoms with Gasteiger partial charge >= 0.3 is 5.97 Å². The summed E-state index contributed by atoms with van der Waals surface area (Å²) in [6, 6.07) is 0. The summed E-state index contributed by atoms with van der Waals surface area (Å²) in [4.78, 5) is 30.2. The lowest BCUT2D eigenvalue weighted by Crippen LogP contribution is -2.26. The molecule has 0 radical (unpaired) electrons. The Bertz CT molecular complexity index is 578. The monoisotopic (exact) mass is 248 g/mol. The molecule has 1 amide bonds. The van der Waals surface area contributed by atoms with Gasteiger partial charge in [0, 0.05) is 37.8 Å². The van der Waals surface area contributed by atoms with Crippen LogP contribution in [0, 0.1) is 0 Å². The molecule has 7 nitrogen and oxygen atoms in total. The molecule has 18 heavy (non-hydrogen) atoms. The van der Waals surface area contributed by atoms with Crippen molar-refractivity contribution in [3.8, 4) is 0 Å². The number of hydrogen-bond donors (Lipinski definition) is 2. The largest absolute Gasteiger partial charge is 0.481 e. The van der Waals surface area contributed by atoms with Gasteiger partial charge in [-0.2, -0.15) is 0 Å². The zero-order chi connectivity index (χ0) is 13.0. The van der Waals surface area contributed by atoms with Gasteiger partial charge in [0.25, 0.3) is 5.91 Å². The first-order chi connectivity index (χ1) is 8.68. The number of hydrogen-bond acceptors (Lipinski definition) is 4. The molecule has 2 N–H and O–H groups in total. The average Bonchev–Trinajstić information content (AvgIpc) is 2.82. The molecule has 94 valence electrons. The number of carboxylic acid groups (broad SMARTS) is 1. The first-order valence-corrected chi connectivity index (χ1v) is 5.46. The Morgan fingerprint density at radius 3 is 2.72 bits per heavy atom. The maximum atomic E-state index is 11.8. The molecule has 7 heteroatoms. The summed E-state index contributed by atoms with van der Waals surface area (Å²) in [5.74, 6) is -1.23. The Hall–Kier alpha value is -2.44. The lowest BCUT2D eigenvalue weighted by Gasteiger charge is -2.04. The van der Waals surface area contributed by atoms with E-state index in [1.54, 1.807) is 23.0 Å². The molecule has 0 aliphatic carbocycles. The van der Waals surface area contributed by atoms with Crippen molar-refractivity contribution in [3.05, 3.63) is 30.5 Å². The molecular formula is C11H12N4O3. The minimum absolute atomic E-state index is 0.0291. The third-order valence-electron chi connectivity index (χ3n) is 2.38. The number of rotatable bonds is 5. The molecule has 2 aromatic rings. The van der Waals surface area contributed by atoms with E-state index in [9.17, 15) is 9.59 Å². The van der Waals surface area contributed by atoms with Crippen LogP contribution in [0.4, 0.5) is 0 Å². The third kappa shape index (κ3) is 2.62. The highest BCUT2D eigenvalue weighted by atomic mass is 16.4. The van der Waals surface area contributed by atoms with Gasteiger partial charge in [-0.1, -0.05) is 0 Å². The molecule has 0 fully saturated rings. The third-order valence-corrected chi connectivity index (χ3v) is 2.38. The Labute approximate surface area is 102 Å². The highest BCUT2D eigenvalue weighted by Gasteiger charge is 2.12. The molecule has 0 aliphatic rings. The number of aliphatic carboxylic acids is 1. The van der Waals surface area contributed by atoms with Crippen LogP contribution in [0.15, 0.2) is 24.8 Å². The van der Waals surface area contributed by atoms with Crippen molar-refractivity contribution in [2.45, 2.75) is 12.8 Å². The van der Waals surface area contributed by atoms with Crippen LogP contribution in [0.2, 0.25) is 0 Å². The van der Waals surface area contributed by atoms with Crippen molar-refractivity contribution in [1.82, 2.24) is 19.7 Å². The number of imidazole rings is 1. The van der Waals surface area contributed by atoms with Crippen LogP contribution >= 0.6 is 0 Å². The van der Waals surface area contributed by atoms with Crippen molar-refractivity contribution < 1.29 is 14.7 Å². The molecule has 0 saturated carbocycles. The van der Waals surface area contributed by atoms with Crippen molar-refractivity contribution in [2.24, 2.45) is 0 Å². The molecule has 0 aliphatic heterocycles. The Kier molecular flexibility index (Phi) is 3.52. The van der Waals surface area contributed by atoms with E-state index in [1.165, 1.54) is 6.20 Å². The average molecular weight is 248 g/mol. The van der Waals surface area contributed by atoms with Gasteiger partial charge in [0.2, 0.25) is 0 Å². The lowest BCUT2D eigenvalue weighted by atomic mass is 10.3. The summed E-state index contributed by atoms with van der Waals surface area (Å²) < 4.78 is 1.69. The molecule has 0 bridgehead atoms. The van der Waals surface area contributed by atoms with Crippen LogP contribution < -0.4 is 5.32 Å². The van der Waals surface area contributed by atoms with Crippen LogP contribution in [0.5, 0.6) is 0 Å². The van der Waals surface area contributed by atoms with Crippen LogP contribution in [-0.4, -0.2) is 37.9 Å². The summed E-state index contributed by atoms with van der Waals surface area (Å²) >= 11 is 0. The smallest absolute Gasteiger partial charge is 0.303 e. The highest BCUT2D eigenvalue weighted by Crippen LogP contribution is 2.04. The number of nitrogens with zero attached hydrogens (tertiary/aromatic N) is 3. The van der Waals surface area contributed by atoms with E-state index in [4.69, 9.17) is 5.11 Å². The van der Waals surface area contributed by atoms with E-state index in [0.717, 1.165) is 0 Å². The summed E-state index contributed by atoms with van der Waals surface area (Å²) in [7, 11) is 0. The van der Waals surface area contributed by atoms with E-state index in [-0.39, 0.29) is 18.0 Å². The molecule has 0 unspecified atom stereocenters. The highest BCUT2D eigenvalue weighted by molar-refractivity contribution is 5.97. The second kappa shape index (κ2) is 5.26. The number of aromatic nitrogens is 3. The molecular weight excluding hydrogens is 236 g/mol. The van der Waals surface area contributed by atoms with E-state index in [2.05, 4.69) is 15.3 Å². The maximum Gasteiger partial charge on any atom is 0.303 e. The van der Waals surface area contributed by atoms with Crippen molar-refractivity contribution in [2.75, 3.05) is 6.54 Å². The molecule has 2 rings (SSSR count). The SMILES string of the molecule is O=C(O)CCCNC(=O)c1nccn2ccnc12. The summed E-state index contributed by atoms with van der Waals surface area (Å²) in [5.41, 5.74) is 0.714. The predicted octanol–water partition coefficient (Wildman–Crippen LogP) is 0.324.